The van der Waals surface area contributed by atoms with Crippen molar-refractivity contribution in [3.63, 3.8) is 0 Å². The van der Waals surface area contributed by atoms with Gasteiger partial charge in [-0.3, -0.25) is 0 Å². The highest BCUT2D eigenvalue weighted by molar-refractivity contribution is 4.62. The Morgan fingerprint density at radius 3 is 2.12 bits per heavy atom. The monoisotopic (exact) mass is 117 g/mol. The predicted molar refractivity (Wildman–Crippen MR) is 32.2 cm³/mol. The lowest BCUT2D eigenvalue weighted by Gasteiger charge is -2.17. The fraction of sp³-hybridized carbons (Fsp3) is 0.833. The van der Waals surface area contributed by atoms with Gasteiger partial charge in [-0.2, -0.15) is 0 Å². The molecule has 0 aromatic rings. The molecule has 0 atom stereocenters. The van der Waals surface area contributed by atoms with E-state index in [4.69, 9.17) is 9.84 Å². The minimum atomic E-state index is -0.164. The minimum Gasteiger partial charge on any atom is -0.394 e. The van der Waals surface area contributed by atoms with Crippen LogP contribution in [0.4, 0.5) is 0 Å². The molecule has 0 saturated heterocycles. The van der Waals surface area contributed by atoms with Gasteiger partial charge in [-0.15, -0.1) is 0 Å². The zero-order valence-electron chi connectivity index (χ0n) is 5.64. The standard InChI is InChI=1S/C6H13O2/c1-6(2,3)8-5-4-7/h5,7H,4H2,1-3H3. The van der Waals surface area contributed by atoms with Crippen molar-refractivity contribution in [1.29, 1.82) is 0 Å². The summed E-state index contributed by atoms with van der Waals surface area (Å²) in [5.41, 5.74) is -0.164. The summed E-state index contributed by atoms with van der Waals surface area (Å²) in [7, 11) is 0. The van der Waals surface area contributed by atoms with Gasteiger partial charge >= 0.3 is 0 Å². The first-order valence-electron chi connectivity index (χ1n) is 2.66. The Morgan fingerprint density at radius 2 is 2.00 bits per heavy atom. The van der Waals surface area contributed by atoms with Crippen LogP contribution in [0, 0.1) is 6.61 Å². The van der Waals surface area contributed by atoms with Crippen LogP contribution in [0.15, 0.2) is 0 Å². The third-order valence-electron chi connectivity index (χ3n) is 0.511. The zero-order chi connectivity index (χ0) is 6.62. The van der Waals surface area contributed by atoms with Gasteiger partial charge < -0.3 is 9.84 Å². The summed E-state index contributed by atoms with van der Waals surface area (Å²) in [6, 6.07) is 0. The Bertz CT molecular complexity index is 54.0. The second kappa shape index (κ2) is 3.05. The molecule has 2 nitrogen and oxygen atoms in total. The van der Waals surface area contributed by atoms with Crippen molar-refractivity contribution >= 4 is 0 Å². The molecule has 0 spiro atoms. The molecule has 8 heavy (non-hydrogen) atoms. The van der Waals surface area contributed by atoms with Crippen molar-refractivity contribution in [2.75, 3.05) is 6.61 Å². The van der Waals surface area contributed by atoms with Crippen LogP contribution < -0.4 is 0 Å². The highest BCUT2D eigenvalue weighted by Gasteiger charge is 2.08. The van der Waals surface area contributed by atoms with Crippen LogP contribution in [0.1, 0.15) is 20.8 Å². The van der Waals surface area contributed by atoms with E-state index in [0.717, 1.165) is 0 Å². The van der Waals surface area contributed by atoms with Crippen LogP contribution in [0.3, 0.4) is 0 Å². The van der Waals surface area contributed by atoms with Gasteiger partial charge in [0.15, 0.2) is 0 Å². The molecular formula is C6H13O2. The third-order valence-corrected chi connectivity index (χ3v) is 0.511. The molecule has 1 radical (unpaired) electrons. The van der Waals surface area contributed by atoms with E-state index < -0.39 is 0 Å². The van der Waals surface area contributed by atoms with E-state index in [1.807, 2.05) is 20.8 Å². The molecule has 0 aromatic carbocycles. The first-order valence-corrected chi connectivity index (χ1v) is 2.66. The molecule has 0 aliphatic rings. The summed E-state index contributed by atoms with van der Waals surface area (Å²) in [5, 5.41) is 8.25. The van der Waals surface area contributed by atoms with Crippen molar-refractivity contribution < 1.29 is 9.84 Å². The number of hydrogen-bond donors (Lipinski definition) is 1. The molecule has 0 aliphatic heterocycles. The average Bonchev–Trinajstić information content (AvgIpc) is 1.59. The smallest absolute Gasteiger partial charge is 0.110 e. The first kappa shape index (κ1) is 7.92. The van der Waals surface area contributed by atoms with Crippen LogP contribution in [-0.4, -0.2) is 17.3 Å². The molecule has 49 valence electrons. The second-order valence-electron chi connectivity index (χ2n) is 2.58. The van der Waals surface area contributed by atoms with E-state index in [9.17, 15) is 0 Å². The number of rotatable bonds is 2. The number of aliphatic hydroxyl groups is 1. The summed E-state index contributed by atoms with van der Waals surface area (Å²) < 4.78 is 5.00. The average molecular weight is 117 g/mol. The SMILES string of the molecule is CC(C)(C)O[CH]CO. The summed E-state index contributed by atoms with van der Waals surface area (Å²) in [5.74, 6) is 0. The Hall–Kier alpha value is -0.0800. The molecule has 0 unspecified atom stereocenters. The van der Waals surface area contributed by atoms with Gasteiger partial charge in [-0.1, -0.05) is 0 Å². The van der Waals surface area contributed by atoms with E-state index in [2.05, 4.69) is 0 Å². The zero-order valence-corrected chi connectivity index (χ0v) is 5.64. The Morgan fingerprint density at radius 1 is 1.50 bits per heavy atom. The topological polar surface area (TPSA) is 29.5 Å². The van der Waals surface area contributed by atoms with Gasteiger partial charge in [-0.25, -0.2) is 0 Å². The van der Waals surface area contributed by atoms with Gasteiger partial charge in [0.2, 0.25) is 0 Å². The predicted octanol–water partition coefficient (Wildman–Crippen LogP) is 0.956. The highest BCUT2D eigenvalue weighted by Crippen LogP contribution is 2.06. The van der Waals surface area contributed by atoms with E-state index in [1.54, 1.807) is 0 Å². The fourth-order valence-corrected chi connectivity index (χ4v) is 0.287. The summed E-state index contributed by atoms with van der Waals surface area (Å²) in [6.07, 6.45) is 0. The molecule has 0 rings (SSSR count). The van der Waals surface area contributed by atoms with Crippen LogP contribution in [0.5, 0.6) is 0 Å². The van der Waals surface area contributed by atoms with Crippen molar-refractivity contribution in [1.82, 2.24) is 0 Å². The van der Waals surface area contributed by atoms with E-state index in [-0.39, 0.29) is 12.2 Å². The third kappa shape index (κ3) is 5.92. The van der Waals surface area contributed by atoms with Gasteiger partial charge in [0, 0.05) is 0 Å². The number of hydrogen-bond acceptors (Lipinski definition) is 2. The molecule has 0 amide bonds. The van der Waals surface area contributed by atoms with E-state index in [1.165, 1.54) is 6.61 Å². The van der Waals surface area contributed by atoms with Crippen LogP contribution >= 0.6 is 0 Å². The molecule has 0 aromatic heterocycles. The van der Waals surface area contributed by atoms with Gasteiger partial charge in [-0.05, 0) is 20.8 Å². The van der Waals surface area contributed by atoms with E-state index in [0.29, 0.717) is 0 Å². The molecule has 1 N–H and O–H groups in total. The number of aliphatic hydroxyl groups excluding tert-OH is 1. The molecule has 0 heterocycles. The second-order valence-corrected chi connectivity index (χ2v) is 2.58. The molecule has 2 heteroatoms. The van der Waals surface area contributed by atoms with Crippen molar-refractivity contribution in [2.24, 2.45) is 0 Å². The molecule has 0 aliphatic carbocycles. The highest BCUT2D eigenvalue weighted by atomic mass is 16.5. The molecule has 0 bridgehead atoms. The lowest BCUT2D eigenvalue weighted by Crippen LogP contribution is -2.18. The van der Waals surface area contributed by atoms with Crippen LogP contribution in [0.2, 0.25) is 0 Å². The van der Waals surface area contributed by atoms with Crippen molar-refractivity contribution in [3.8, 4) is 0 Å². The van der Waals surface area contributed by atoms with Crippen LogP contribution in [0.25, 0.3) is 0 Å². The molecular weight excluding hydrogens is 104 g/mol. The van der Waals surface area contributed by atoms with Gasteiger partial charge in [0.05, 0.1) is 12.2 Å². The molecule has 0 fully saturated rings. The maximum absolute atomic E-state index is 8.25. The Kier molecular flexibility index (Phi) is 3.02. The maximum atomic E-state index is 8.25. The van der Waals surface area contributed by atoms with Crippen molar-refractivity contribution in [3.05, 3.63) is 6.61 Å². The maximum Gasteiger partial charge on any atom is 0.110 e. The summed E-state index contributed by atoms with van der Waals surface area (Å²) in [6.45, 7) is 7.16. The quantitative estimate of drug-likeness (QED) is 0.583. The fourth-order valence-electron chi connectivity index (χ4n) is 0.287. The van der Waals surface area contributed by atoms with Crippen molar-refractivity contribution in [2.45, 2.75) is 26.4 Å². The first-order chi connectivity index (χ1) is 3.56. The number of ether oxygens (including phenoxy) is 1. The minimum absolute atomic E-state index is 0.0166. The molecule has 0 saturated carbocycles. The largest absolute Gasteiger partial charge is 0.394 e. The Balaban J connectivity index is 3.11. The van der Waals surface area contributed by atoms with Crippen LogP contribution in [-0.2, 0) is 4.74 Å². The Labute approximate surface area is 50.5 Å². The lowest BCUT2D eigenvalue weighted by molar-refractivity contribution is 0.0248. The van der Waals surface area contributed by atoms with Gasteiger partial charge in [0.25, 0.3) is 0 Å². The summed E-state index contributed by atoms with van der Waals surface area (Å²) in [4.78, 5) is 0. The normalized spacial score (nSPS) is 12.0. The lowest BCUT2D eigenvalue weighted by atomic mass is 10.2. The summed E-state index contributed by atoms with van der Waals surface area (Å²) >= 11 is 0. The van der Waals surface area contributed by atoms with Gasteiger partial charge in [0.1, 0.15) is 6.61 Å². The van der Waals surface area contributed by atoms with E-state index >= 15 is 0 Å².